The molecule has 1 saturated carbocycles. The van der Waals surface area contributed by atoms with Crippen molar-refractivity contribution in [1.82, 2.24) is 14.5 Å². The van der Waals surface area contributed by atoms with Crippen LogP contribution in [0, 0.1) is 0 Å². The Labute approximate surface area is 201 Å². The summed E-state index contributed by atoms with van der Waals surface area (Å²) in [5.74, 6) is 0.682. The molecule has 1 aliphatic heterocycles. The van der Waals surface area contributed by atoms with Gasteiger partial charge in [0, 0.05) is 44.8 Å². The first-order chi connectivity index (χ1) is 16.8. The van der Waals surface area contributed by atoms with Gasteiger partial charge in [0.05, 0.1) is 17.1 Å². The van der Waals surface area contributed by atoms with Crippen LogP contribution in [0.3, 0.4) is 0 Å². The van der Waals surface area contributed by atoms with Gasteiger partial charge in [-0.3, -0.25) is 0 Å². The van der Waals surface area contributed by atoms with Crippen LogP contribution in [0.2, 0.25) is 0 Å². The number of anilines is 1. The quantitative estimate of drug-likeness (QED) is 0.447. The highest BCUT2D eigenvalue weighted by Crippen LogP contribution is 2.42. The molecule has 35 heavy (non-hydrogen) atoms. The van der Waals surface area contributed by atoms with Crippen LogP contribution >= 0.6 is 0 Å². The Hall–Kier alpha value is -3.11. The summed E-state index contributed by atoms with van der Waals surface area (Å²) in [4.78, 5) is 19.6. The number of imidazole rings is 1. The number of aryl methyl sites for hydroxylation is 1. The molecule has 2 aliphatic rings. The molecule has 3 aromatic rings. The number of fused-ring (bicyclic) bond motifs is 2. The second-order valence-electron chi connectivity index (χ2n) is 8.80. The standard InChI is InChI=1S/C24H26F3N5O.CH4O/c25-24(26,27)10-3-11-31-20-9-6-15(14-28)12-19(20)29-22(31)13-21-17-4-1-2-5-18(17)30-23(33)32(21)16-7-8-16;1-2/h1-2,4-6,9,12,16,21H,3,7-8,10-11,13-14,28H2,(H,30,33);2H,1H3. The molecular formula is C25H30F3N5O2. The van der Waals surface area contributed by atoms with Gasteiger partial charge < -0.3 is 25.6 Å². The lowest BCUT2D eigenvalue weighted by atomic mass is 9.97. The number of para-hydroxylation sites is 1. The van der Waals surface area contributed by atoms with E-state index in [1.807, 2.05) is 51.9 Å². The predicted molar refractivity (Wildman–Crippen MR) is 128 cm³/mol. The number of benzene rings is 2. The molecular weight excluding hydrogens is 459 g/mol. The van der Waals surface area contributed by atoms with Gasteiger partial charge in [-0.1, -0.05) is 24.3 Å². The van der Waals surface area contributed by atoms with Crippen molar-refractivity contribution in [2.45, 2.75) is 63.5 Å². The number of nitrogens with zero attached hydrogens (tertiary/aromatic N) is 3. The number of urea groups is 1. The van der Waals surface area contributed by atoms with Crippen molar-refractivity contribution in [2.75, 3.05) is 12.4 Å². The number of carbonyl (C=O) groups is 1. The van der Waals surface area contributed by atoms with E-state index in [1.54, 1.807) is 0 Å². The van der Waals surface area contributed by atoms with Crippen molar-refractivity contribution in [3.63, 3.8) is 0 Å². The fourth-order valence-electron chi connectivity index (χ4n) is 4.72. The Balaban J connectivity index is 0.00000141. The lowest BCUT2D eigenvalue weighted by Gasteiger charge is -2.37. The van der Waals surface area contributed by atoms with Gasteiger partial charge in [0.25, 0.3) is 0 Å². The molecule has 1 fully saturated rings. The molecule has 0 saturated heterocycles. The lowest BCUT2D eigenvalue weighted by molar-refractivity contribution is -0.135. The maximum atomic E-state index is 12.9. The Bertz CT molecular complexity index is 1190. The van der Waals surface area contributed by atoms with Crippen molar-refractivity contribution < 1.29 is 23.1 Å². The van der Waals surface area contributed by atoms with Gasteiger partial charge in [0.1, 0.15) is 5.82 Å². The second-order valence-corrected chi connectivity index (χ2v) is 8.80. The summed E-state index contributed by atoms with van der Waals surface area (Å²) in [6.07, 6.45) is -2.75. The van der Waals surface area contributed by atoms with Crippen LogP contribution in [0.25, 0.3) is 11.0 Å². The van der Waals surface area contributed by atoms with E-state index < -0.39 is 12.6 Å². The number of nitrogens with one attached hydrogen (secondary N) is 1. The van der Waals surface area contributed by atoms with E-state index in [0.29, 0.717) is 24.3 Å². The molecule has 2 aromatic carbocycles. The molecule has 0 radical (unpaired) electrons. The lowest BCUT2D eigenvalue weighted by Crippen LogP contribution is -2.44. The summed E-state index contributed by atoms with van der Waals surface area (Å²) < 4.78 is 40.4. The molecule has 1 atom stereocenters. The third-order valence-electron chi connectivity index (χ3n) is 6.42. The summed E-state index contributed by atoms with van der Waals surface area (Å²) in [6.45, 7) is 0.565. The van der Waals surface area contributed by atoms with Crippen LogP contribution in [0.15, 0.2) is 42.5 Å². The number of rotatable bonds is 7. The summed E-state index contributed by atoms with van der Waals surface area (Å²) in [5, 5.41) is 9.98. The number of aliphatic hydroxyl groups is 1. The Morgan fingerprint density at radius 1 is 1.17 bits per heavy atom. The number of halogens is 3. The van der Waals surface area contributed by atoms with Gasteiger partial charge in [-0.05, 0) is 48.6 Å². The smallest absolute Gasteiger partial charge is 0.389 e. The van der Waals surface area contributed by atoms with E-state index in [2.05, 4.69) is 5.32 Å². The minimum atomic E-state index is -4.20. The number of carbonyl (C=O) groups excluding carboxylic acids is 1. The highest BCUT2D eigenvalue weighted by Gasteiger charge is 2.42. The fourth-order valence-corrected chi connectivity index (χ4v) is 4.72. The number of amides is 2. The molecule has 0 bridgehead atoms. The number of aromatic nitrogens is 2. The summed E-state index contributed by atoms with van der Waals surface area (Å²) >= 11 is 0. The fraction of sp³-hybridized carbons (Fsp3) is 0.440. The Morgan fingerprint density at radius 3 is 2.60 bits per heavy atom. The van der Waals surface area contributed by atoms with Crippen LogP contribution in [-0.2, 0) is 19.5 Å². The summed E-state index contributed by atoms with van der Waals surface area (Å²) in [7, 11) is 1.00. The predicted octanol–water partition coefficient (Wildman–Crippen LogP) is 4.74. The second kappa shape index (κ2) is 10.2. The molecule has 5 rings (SSSR count). The van der Waals surface area contributed by atoms with Gasteiger partial charge in [-0.15, -0.1) is 0 Å². The van der Waals surface area contributed by atoms with Crippen molar-refractivity contribution in [2.24, 2.45) is 5.73 Å². The SMILES string of the molecule is CO.NCc1ccc2c(c1)nc(CC1c3ccccc3NC(=O)N1C1CC1)n2CCCC(F)(F)F. The van der Waals surface area contributed by atoms with Gasteiger partial charge in [-0.2, -0.15) is 13.2 Å². The van der Waals surface area contributed by atoms with E-state index in [9.17, 15) is 18.0 Å². The Morgan fingerprint density at radius 2 is 1.91 bits per heavy atom. The van der Waals surface area contributed by atoms with Crippen molar-refractivity contribution in [1.29, 1.82) is 0 Å². The minimum absolute atomic E-state index is 0.0331. The molecule has 2 amide bonds. The zero-order chi connectivity index (χ0) is 25.2. The van der Waals surface area contributed by atoms with Gasteiger partial charge in [0.2, 0.25) is 0 Å². The van der Waals surface area contributed by atoms with Gasteiger partial charge in [-0.25, -0.2) is 9.78 Å². The van der Waals surface area contributed by atoms with E-state index in [1.165, 1.54) is 0 Å². The summed E-state index contributed by atoms with van der Waals surface area (Å²) in [5.41, 5.74) is 9.97. The monoisotopic (exact) mass is 489 g/mol. The normalized spacial score (nSPS) is 17.6. The van der Waals surface area contributed by atoms with Crippen LogP contribution in [0.4, 0.5) is 23.7 Å². The van der Waals surface area contributed by atoms with Crippen molar-refractivity contribution in [3.8, 4) is 0 Å². The third kappa shape index (κ3) is 5.43. The van der Waals surface area contributed by atoms with Crippen molar-refractivity contribution >= 4 is 22.8 Å². The van der Waals surface area contributed by atoms with E-state index in [-0.39, 0.29) is 31.1 Å². The van der Waals surface area contributed by atoms with E-state index in [4.69, 9.17) is 15.8 Å². The average Bonchev–Trinajstić information content (AvgIpc) is 3.61. The maximum Gasteiger partial charge on any atom is 0.389 e. The first kappa shape index (κ1) is 25.0. The van der Waals surface area contributed by atoms with Crippen LogP contribution < -0.4 is 11.1 Å². The first-order valence-electron chi connectivity index (χ1n) is 11.7. The largest absolute Gasteiger partial charge is 0.400 e. The van der Waals surface area contributed by atoms with E-state index >= 15 is 0 Å². The van der Waals surface area contributed by atoms with Gasteiger partial charge in [0.15, 0.2) is 0 Å². The topological polar surface area (TPSA) is 96.4 Å². The zero-order valence-corrected chi connectivity index (χ0v) is 19.6. The molecule has 1 aromatic heterocycles. The molecule has 7 nitrogen and oxygen atoms in total. The zero-order valence-electron chi connectivity index (χ0n) is 19.6. The highest BCUT2D eigenvalue weighted by molar-refractivity contribution is 5.93. The number of nitrogens with two attached hydrogens (primary N) is 1. The number of alkyl halides is 3. The average molecular weight is 490 g/mol. The van der Waals surface area contributed by atoms with Crippen LogP contribution in [0.1, 0.15) is 48.7 Å². The molecule has 1 unspecified atom stereocenters. The minimum Gasteiger partial charge on any atom is -0.400 e. The van der Waals surface area contributed by atoms with E-state index in [0.717, 1.165) is 42.3 Å². The first-order valence-corrected chi connectivity index (χ1v) is 11.7. The summed E-state index contributed by atoms with van der Waals surface area (Å²) in [6, 6.07) is 13.2. The van der Waals surface area contributed by atoms with Crippen molar-refractivity contribution in [3.05, 3.63) is 59.4 Å². The number of hydrogen-bond donors (Lipinski definition) is 3. The highest BCUT2D eigenvalue weighted by atomic mass is 19.4. The molecule has 4 N–H and O–H groups in total. The van der Waals surface area contributed by atoms with Crippen LogP contribution in [-0.4, -0.2) is 44.9 Å². The third-order valence-corrected chi connectivity index (χ3v) is 6.42. The number of aliphatic hydroxyl groups excluding tert-OH is 1. The molecule has 0 spiro atoms. The van der Waals surface area contributed by atoms with Gasteiger partial charge >= 0.3 is 12.2 Å². The molecule has 2 heterocycles. The molecule has 1 aliphatic carbocycles. The number of hydrogen-bond acceptors (Lipinski definition) is 4. The van der Waals surface area contributed by atoms with Crippen LogP contribution in [0.5, 0.6) is 0 Å². The molecule has 10 heteroatoms. The molecule has 188 valence electrons. The maximum absolute atomic E-state index is 12.9. The Kier molecular flexibility index (Phi) is 7.32.